The second-order valence-electron chi connectivity index (χ2n) is 7.61. The molecule has 0 amide bonds. The zero-order chi connectivity index (χ0) is 17.7. The fourth-order valence-electron chi connectivity index (χ4n) is 3.32. The molecule has 0 saturated heterocycles. The van der Waals surface area contributed by atoms with E-state index in [0.29, 0.717) is 0 Å². The van der Waals surface area contributed by atoms with E-state index in [1.807, 2.05) is 0 Å². The first-order valence-electron chi connectivity index (χ1n) is 11.2. The zero-order valence-electron chi connectivity index (χ0n) is 17.0. The van der Waals surface area contributed by atoms with Gasteiger partial charge in [0.05, 0.1) is 0 Å². The molecule has 0 fully saturated rings. The lowest BCUT2D eigenvalue weighted by Crippen LogP contribution is -1.91. The lowest BCUT2D eigenvalue weighted by atomic mass is 10.1. The summed E-state index contributed by atoms with van der Waals surface area (Å²) in [6.07, 6.45) is 26.0. The van der Waals surface area contributed by atoms with E-state index in [0.717, 1.165) is 0 Å². The van der Waals surface area contributed by atoms with E-state index in [4.69, 9.17) is 11.7 Å². The van der Waals surface area contributed by atoms with Crippen LogP contribution in [0.5, 0.6) is 0 Å². The van der Waals surface area contributed by atoms with E-state index in [2.05, 4.69) is 13.8 Å². The third kappa shape index (κ3) is 20.7. The van der Waals surface area contributed by atoms with Crippen LogP contribution in [0.2, 0.25) is 0 Å². The van der Waals surface area contributed by atoms with E-state index in [1.165, 1.54) is 127 Å². The van der Waals surface area contributed by atoms with Crippen molar-refractivity contribution in [3.63, 3.8) is 0 Å². The van der Waals surface area contributed by atoms with E-state index in [-0.39, 0.29) is 9.93 Å². The minimum atomic E-state index is 0.0491. The number of hydrogen-bond donors (Lipinski definition) is 2. The molecule has 0 radical (unpaired) electrons. The highest BCUT2D eigenvalue weighted by Crippen LogP contribution is 2.33. The Morgan fingerprint density at radius 1 is 0.417 bits per heavy atom. The summed E-state index contributed by atoms with van der Waals surface area (Å²) in [6.45, 7) is 4.59. The number of thiol groups is 2. The Labute approximate surface area is 162 Å². The Balaban J connectivity index is 3.11. The molecule has 0 N–H and O–H groups in total. The van der Waals surface area contributed by atoms with Crippen molar-refractivity contribution in [2.45, 2.75) is 129 Å². The van der Waals surface area contributed by atoms with Crippen molar-refractivity contribution in [2.24, 2.45) is 0 Å². The highest BCUT2D eigenvalue weighted by Gasteiger charge is 1.99. The molecule has 0 aliphatic heterocycles. The molecule has 0 aliphatic rings. The number of hydrogen-bond acceptors (Lipinski definition) is 1. The first-order valence-corrected chi connectivity index (χ1v) is 14.1. The minimum absolute atomic E-state index is 0.0491. The van der Waals surface area contributed by atoms with Crippen molar-refractivity contribution < 1.29 is 0 Å². The maximum atomic E-state index is 4.86. The summed E-state index contributed by atoms with van der Waals surface area (Å²) in [5, 5.41) is 0. The second kappa shape index (κ2) is 21.7. The lowest BCUT2D eigenvalue weighted by Gasteiger charge is -2.14. The van der Waals surface area contributed by atoms with Gasteiger partial charge in [-0.3, -0.25) is 0 Å². The largest absolute Gasteiger partial charge is 0.208 e. The molecule has 1 atom stereocenters. The van der Waals surface area contributed by atoms with Crippen molar-refractivity contribution in [1.82, 2.24) is 0 Å². The van der Waals surface area contributed by atoms with E-state index in [1.54, 1.807) is 0 Å². The normalized spacial score (nSPS) is 13.4. The predicted molar refractivity (Wildman–Crippen MR) is 122 cm³/mol. The smallest absolute Gasteiger partial charge is 0.0170 e. The molecule has 0 aromatic heterocycles. The van der Waals surface area contributed by atoms with Crippen LogP contribution >= 0.6 is 21.6 Å². The highest BCUT2D eigenvalue weighted by atomic mass is 33.1. The third-order valence-corrected chi connectivity index (χ3v) is 7.90. The minimum Gasteiger partial charge on any atom is -0.208 e. The molecule has 0 aliphatic carbocycles. The third-order valence-electron chi connectivity index (χ3n) is 5.04. The van der Waals surface area contributed by atoms with Gasteiger partial charge in [0, 0.05) is 0 Å². The Morgan fingerprint density at radius 3 is 0.958 bits per heavy atom. The van der Waals surface area contributed by atoms with Gasteiger partial charge in [-0.25, -0.2) is 9.93 Å². The Bertz CT molecular complexity index is 218. The number of rotatable bonds is 20. The molecule has 0 aromatic rings. The highest BCUT2D eigenvalue weighted by molar-refractivity contribution is 8.78. The van der Waals surface area contributed by atoms with Crippen LogP contribution in [-0.4, -0.2) is 11.5 Å². The first kappa shape index (κ1) is 24.7. The Hall–Kier alpha value is 0.700. The van der Waals surface area contributed by atoms with Gasteiger partial charge in [0.15, 0.2) is 0 Å². The summed E-state index contributed by atoms with van der Waals surface area (Å²) < 4.78 is 0. The molecule has 0 aromatic carbocycles. The summed E-state index contributed by atoms with van der Waals surface area (Å²) in [5.41, 5.74) is 0. The summed E-state index contributed by atoms with van der Waals surface area (Å²) in [5.74, 6) is 2.82. The van der Waals surface area contributed by atoms with Gasteiger partial charge in [-0.1, -0.05) is 117 Å². The first-order chi connectivity index (χ1) is 11.8. The summed E-state index contributed by atoms with van der Waals surface area (Å²) >= 11 is 4.86. The molecule has 1 unspecified atom stereocenters. The molecule has 0 nitrogen and oxygen atoms in total. The van der Waals surface area contributed by atoms with Gasteiger partial charge in [-0.15, -0.1) is 11.7 Å². The fraction of sp³-hybridized carbons (Fsp3) is 1.00. The molecule has 0 bridgehead atoms. The van der Waals surface area contributed by atoms with Gasteiger partial charge in [0.25, 0.3) is 0 Å². The summed E-state index contributed by atoms with van der Waals surface area (Å²) in [6, 6.07) is 0. The maximum absolute atomic E-state index is 4.86. The number of unbranched alkanes of at least 4 members (excludes halogenated alkanes) is 16. The molecule has 24 heavy (non-hydrogen) atoms. The van der Waals surface area contributed by atoms with E-state index >= 15 is 0 Å². The van der Waals surface area contributed by atoms with Crippen LogP contribution in [0.25, 0.3) is 0 Å². The zero-order valence-corrected chi connectivity index (χ0v) is 18.8. The fourth-order valence-corrected chi connectivity index (χ4v) is 5.57. The van der Waals surface area contributed by atoms with Crippen LogP contribution in [0.15, 0.2) is 0 Å². The molecule has 0 spiro atoms. The maximum Gasteiger partial charge on any atom is -0.0170 e. The molecule has 0 heterocycles. The van der Waals surface area contributed by atoms with Crippen LogP contribution in [0.3, 0.4) is 0 Å². The van der Waals surface area contributed by atoms with Gasteiger partial charge in [0.2, 0.25) is 0 Å². The van der Waals surface area contributed by atoms with E-state index < -0.39 is 0 Å². The lowest BCUT2D eigenvalue weighted by molar-refractivity contribution is 0.563. The second-order valence-corrected chi connectivity index (χ2v) is 11.2. The molecule has 148 valence electrons. The van der Waals surface area contributed by atoms with Crippen molar-refractivity contribution in [2.75, 3.05) is 11.5 Å². The van der Waals surface area contributed by atoms with Gasteiger partial charge in [-0.2, -0.15) is 0 Å². The van der Waals surface area contributed by atoms with Crippen molar-refractivity contribution in [3.05, 3.63) is 0 Å². The summed E-state index contributed by atoms with van der Waals surface area (Å²) in [7, 11) is 0.0491. The quantitative estimate of drug-likeness (QED) is 0.118. The molecule has 0 saturated carbocycles. The van der Waals surface area contributed by atoms with Gasteiger partial charge >= 0.3 is 0 Å². The van der Waals surface area contributed by atoms with E-state index in [9.17, 15) is 0 Å². The van der Waals surface area contributed by atoms with Crippen molar-refractivity contribution >= 4 is 21.6 Å². The van der Waals surface area contributed by atoms with Crippen LogP contribution in [-0.2, 0) is 0 Å². The average Bonchev–Trinajstić information content (AvgIpc) is 2.59. The topological polar surface area (TPSA) is 0 Å². The molecule has 0 rings (SSSR count). The monoisotopic (exact) mass is 376 g/mol. The predicted octanol–water partition coefficient (Wildman–Crippen LogP) is 8.89. The van der Waals surface area contributed by atoms with Gasteiger partial charge in [0.1, 0.15) is 0 Å². The van der Waals surface area contributed by atoms with Crippen molar-refractivity contribution in [3.8, 4) is 0 Å². The molecular weight excluding hydrogens is 328 g/mol. The summed E-state index contributed by atoms with van der Waals surface area (Å²) in [4.78, 5) is 0. The molecular formula is C22H48S2. The van der Waals surface area contributed by atoms with Gasteiger partial charge in [-0.05, 0) is 24.3 Å². The SMILES string of the molecule is CCCCCCCCCCCC[SH](S)CCCCCCCCCC. The average molecular weight is 377 g/mol. The standard InChI is InChI=1S/C22H48S2/c1-3-5-7-9-11-13-14-16-18-20-22-24(23)21-19-17-15-12-10-8-6-4-2/h23-24H,3-22H2,1-2H3. The molecule has 2 heteroatoms. The van der Waals surface area contributed by atoms with Gasteiger partial charge < -0.3 is 0 Å². The van der Waals surface area contributed by atoms with Crippen molar-refractivity contribution in [1.29, 1.82) is 0 Å². The Kier molecular flexibility index (Phi) is 22.4. The van der Waals surface area contributed by atoms with Crippen LogP contribution in [0.1, 0.15) is 129 Å². The van der Waals surface area contributed by atoms with Crippen LogP contribution < -0.4 is 0 Å². The Morgan fingerprint density at radius 2 is 0.667 bits per heavy atom. The van der Waals surface area contributed by atoms with Crippen LogP contribution in [0.4, 0.5) is 0 Å². The van der Waals surface area contributed by atoms with Crippen LogP contribution in [0, 0.1) is 0 Å².